The Labute approximate surface area is 109 Å². The minimum absolute atomic E-state index is 0.00750. The summed E-state index contributed by atoms with van der Waals surface area (Å²) in [6.45, 7) is 3.75. The number of methoxy groups -OCH3 is 1. The lowest BCUT2D eigenvalue weighted by Gasteiger charge is -2.11. The summed E-state index contributed by atoms with van der Waals surface area (Å²) in [4.78, 5) is 15.5. The number of rotatable bonds is 3. The number of aromatic nitrogens is 1. The van der Waals surface area contributed by atoms with Crippen molar-refractivity contribution < 1.29 is 19.0 Å². The van der Waals surface area contributed by atoms with Gasteiger partial charge in [-0.15, -0.1) is 0 Å². The molecule has 1 N–H and O–H groups in total. The summed E-state index contributed by atoms with van der Waals surface area (Å²) in [6, 6.07) is 4.40. The Morgan fingerprint density at radius 2 is 2.11 bits per heavy atom. The van der Waals surface area contributed by atoms with Gasteiger partial charge in [0, 0.05) is 11.1 Å². The molecular formula is C14H14FNO3. The van der Waals surface area contributed by atoms with Crippen LogP contribution >= 0.6 is 0 Å². The molecular weight excluding hydrogens is 249 g/mol. The standard InChI is InChI=1S/C14H14FNO3/c1-7(2)10-6-9(14(17)18)8-4-5-11(19-3)12(15)13(8)16-10/h4-7H,1-3H3,(H,17,18). The van der Waals surface area contributed by atoms with Crippen molar-refractivity contribution in [3.8, 4) is 5.75 Å². The predicted molar refractivity (Wildman–Crippen MR) is 69.3 cm³/mol. The molecule has 0 spiro atoms. The first-order valence-corrected chi connectivity index (χ1v) is 5.86. The van der Waals surface area contributed by atoms with E-state index in [2.05, 4.69) is 4.98 Å². The molecule has 0 bridgehead atoms. The van der Waals surface area contributed by atoms with Crippen LogP contribution in [0.25, 0.3) is 10.9 Å². The largest absolute Gasteiger partial charge is 0.494 e. The number of aromatic carboxylic acids is 1. The maximum atomic E-state index is 14.2. The highest BCUT2D eigenvalue weighted by Crippen LogP contribution is 2.29. The van der Waals surface area contributed by atoms with Crippen molar-refractivity contribution in [1.82, 2.24) is 4.98 Å². The van der Waals surface area contributed by atoms with Crippen LogP contribution in [-0.4, -0.2) is 23.2 Å². The van der Waals surface area contributed by atoms with E-state index >= 15 is 0 Å². The molecule has 0 saturated carbocycles. The third kappa shape index (κ3) is 2.23. The molecule has 2 rings (SSSR count). The van der Waals surface area contributed by atoms with Crippen LogP contribution in [0.3, 0.4) is 0 Å². The van der Waals surface area contributed by atoms with Gasteiger partial charge in [-0.05, 0) is 24.1 Å². The van der Waals surface area contributed by atoms with Crippen molar-refractivity contribution in [3.05, 3.63) is 35.3 Å². The fraction of sp³-hybridized carbons (Fsp3) is 0.286. The first-order valence-electron chi connectivity index (χ1n) is 5.86. The lowest BCUT2D eigenvalue weighted by Crippen LogP contribution is -2.04. The van der Waals surface area contributed by atoms with Crippen molar-refractivity contribution in [2.45, 2.75) is 19.8 Å². The predicted octanol–water partition coefficient (Wildman–Crippen LogP) is 3.20. The molecule has 1 heterocycles. The quantitative estimate of drug-likeness (QED) is 0.923. The van der Waals surface area contributed by atoms with E-state index in [0.717, 1.165) is 0 Å². The number of benzene rings is 1. The first kappa shape index (κ1) is 13.3. The van der Waals surface area contributed by atoms with Crippen molar-refractivity contribution >= 4 is 16.9 Å². The number of hydrogen-bond donors (Lipinski definition) is 1. The van der Waals surface area contributed by atoms with Gasteiger partial charge in [0.15, 0.2) is 11.6 Å². The number of carbonyl (C=O) groups is 1. The van der Waals surface area contributed by atoms with Crippen LogP contribution < -0.4 is 4.74 Å². The van der Waals surface area contributed by atoms with Gasteiger partial charge in [-0.1, -0.05) is 13.8 Å². The van der Waals surface area contributed by atoms with Crippen molar-refractivity contribution in [2.24, 2.45) is 0 Å². The Morgan fingerprint density at radius 3 is 2.63 bits per heavy atom. The van der Waals surface area contributed by atoms with E-state index in [1.165, 1.54) is 25.3 Å². The Hall–Kier alpha value is -2.17. The number of carboxylic acid groups (broad SMARTS) is 1. The molecule has 100 valence electrons. The van der Waals surface area contributed by atoms with Crippen LogP contribution in [-0.2, 0) is 0 Å². The van der Waals surface area contributed by atoms with E-state index in [-0.39, 0.29) is 28.1 Å². The molecule has 0 aliphatic heterocycles. The van der Waals surface area contributed by atoms with Gasteiger partial charge < -0.3 is 9.84 Å². The SMILES string of the molecule is COc1ccc2c(C(=O)O)cc(C(C)C)nc2c1F. The lowest BCUT2D eigenvalue weighted by atomic mass is 10.0. The molecule has 4 nitrogen and oxygen atoms in total. The van der Waals surface area contributed by atoms with Gasteiger partial charge in [0.25, 0.3) is 0 Å². The van der Waals surface area contributed by atoms with E-state index in [1.54, 1.807) is 0 Å². The van der Waals surface area contributed by atoms with Gasteiger partial charge in [0.2, 0.25) is 0 Å². The average Bonchev–Trinajstić information content (AvgIpc) is 2.38. The Balaban J connectivity index is 2.87. The smallest absolute Gasteiger partial charge is 0.336 e. The van der Waals surface area contributed by atoms with Crippen LogP contribution in [0.1, 0.15) is 35.8 Å². The number of ether oxygens (including phenoxy) is 1. The summed E-state index contributed by atoms with van der Waals surface area (Å²) >= 11 is 0. The second-order valence-electron chi connectivity index (χ2n) is 4.53. The Morgan fingerprint density at radius 1 is 1.42 bits per heavy atom. The highest BCUT2D eigenvalue weighted by Gasteiger charge is 2.18. The van der Waals surface area contributed by atoms with Crippen LogP contribution in [0.15, 0.2) is 18.2 Å². The zero-order valence-corrected chi connectivity index (χ0v) is 10.9. The zero-order valence-electron chi connectivity index (χ0n) is 10.9. The second-order valence-corrected chi connectivity index (χ2v) is 4.53. The second kappa shape index (κ2) is 4.84. The maximum Gasteiger partial charge on any atom is 0.336 e. The summed E-state index contributed by atoms with van der Waals surface area (Å²) in [6.07, 6.45) is 0. The number of hydrogen-bond acceptors (Lipinski definition) is 3. The highest BCUT2D eigenvalue weighted by molar-refractivity contribution is 6.03. The number of nitrogens with zero attached hydrogens (tertiary/aromatic N) is 1. The van der Waals surface area contributed by atoms with Gasteiger partial charge in [-0.3, -0.25) is 0 Å². The third-order valence-electron chi connectivity index (χ3n) is 2.95. The van der Waals surface area contributed by atoms with Gasteiger partial charge in [0.1, 0.15) is 5.52 Å². The van der Waals surface area contributed by atoms with E-state index in [1.807, 2.05) is 13.8 Å². The monoisotopic (exact) mass is 263 g/mol. The van der Waals surface area contributed by atoms with E-state index in [9.17, 15) is 14.3 Å². The summed E-state index contributed by atoms with van der Waals surface area (Å²) in [7, 11) is 1.36. The Bertz CT molecular complexity index is 653. The molecule has 19 heavy (non-hydrogen) atoms. The summed E-state index contributed by atoms with van der Waals surface area (Å²) in [5.41, 5.74) is 0.621. The van der Waals surface area contributed by atoms with E-state index in [4.69, 9.17) is 4.74 Å². The molecule has 0 amide bonds. The molecule has 0 aliphatic rings. The molecule has 0 aliphatic carbocycles. The summed E-state index contributed by atoms with van der Waals surface area (Å²) in [5, 5.41) is 9.50. The van der Waals surface area contributed by atoms with Crippen LogP contribution in [0.4, 0.5) is 4.39 Å². The molecule has 0 saturated heterocycles. The first-order chi connectivity index (χ1) is 8.95. The minimum Gasteiger partial charge on any atom is -0.494 e. The molecule has 2 aromatic rings. The summed E-state index contributed by atoms with van der Waals surface area (Å²) in [5.74, 6) is -1.67. The zero-order chi connectivity index (χ0) is 14.2. The molecule has 0 radical (unpaired) electrons. The normalized spacial score (nSPS) is 11.0. The molecule has 1 aromatic heterocycles. The van der Waals surface area contributed by atoms with Crippen molar-refractivity contribution in [2.75, 3.05) is 7.11 Å². The minimum atomic E-state index is -1.10. The van der Waals surface area contributed by atoms with Gasteiger partial charge >= 0.3 is 5.97 Å². The fourth-order valence-corrected chi connectivity index (χ4v) is 1.89. The number of pyridine rings is 1. The molecule has 1 aromatic carbocycles. The average molecular weight is 263 g/mol. The molecule has 0 atom stereocenters. The molecule has 0 unspecified atom stereocenters. The highest BCUT2D eigenvalue weighted by atomic mass is 19.1. The lowest BCUT2D eigenvalue weighted by molar-refractivity contribution is 0.0699. The topological polar surface area (TPSA) is 59.4 Å². The Kier molecular flexibility index (Phi) is 3.38. The van der Waals surface area contributed by atoms with Crippen LogP contribution in [0, 0.1) is 5.82 Å². The molecule has 5 heteroatoms. The van der Waals surface area contributed by atoms with Gasteiger partial charge in [-0.2, -0.15) is 0 Å². The number of halogens is 1. The maximum absolute atomic E-state index is 14.2. The van der Waals surface area contributed by atoms with Crippen molar-refractivity contribution in [1.29, 1.82) is 0 Å². The number of carboxylic acids is 1. The third-order valence-corrected chi connectivity index (χ3v) is 2.95. The van der Waals surface area contributed by atoms with E-state index < -0.39 is 11.8 Å². The fourth-order valence-electron chi connectivity index (χ4n) is 1.89. The van der Waals surface area contributed by atoms with Crippen LogP contribution in [0.2, 0.25) is 0 Å². The van der Waals surface area contributed by atoms with Crippen LogP contribution in [0.5, 0.6) is 5.75 Å². The van der Waals surface area contributed by atoms with Gasteiger partial charge in [-0.25, -0.2) is 14.2 Å². The van der Waals surface area contributed by atoms with Gasteiger partial charge in [0.05, 0.1) is 12.7 Å². The summed E-state index contributed by atoms with van der Waals surface area (Å²) < 4.78 is 19.1. The number of fused-ring (bicyclic) bond motifs is 1. The van der Waals surface area contributed by atoms with Crippen molar-refractivity contribution in [3.63, 3.8) is 0 Å². The molecule has 0 fully saturated rings. The van der Waals surface area contributed by atoms with E-state index in [0.29, 0.717) is 5.69 Å².